The summed E-state index contributed by atoms with van der Waals surface area (Å²) in [5.41, 5.74) is 10.1. The third-order valence-electron chi connectivity index (χ3n) is 3.73. The molecule has 0 amide bonds. The second-order valence-electron chi connectivity index (χ2n) is 5.61. The highest BCUT2D eigenvalue weighted by atomic mass is 15.0. The van der Waals surface area contributed by atoms with Gasteiger partial charge in [-0.25, -0.2) is 9.97 Å². The molecule has 1 heterocycles. The van der Waals surface area contributed by atoms with Crippen molar-refractivity contribution in [2.75, 3.05) is 5.73 Å². The van der Waals surface area contributed by atoms with Crippen molar-refractivity contribution in [1.82, 2.24) is 9.97 Å². The van der Waals surface area contributed by atoms with Crippen molar-refractivity contribution < 1.29 is 0 Å². The van der Waals surface area contributed by atoms with Crippen LogP contribution in [-0.2, 0) is 0 Å². The molecule has 0 saturated heterocycles. The highest BCUT2D eigenvalue weighted by Crippen LogP contribution is 2.27. The van der Waals surface area contributed by atoms with E-state index < -0.39 is 0 Å². The Kier molecular flexibility index (Phi) is 3.57. The fraction of sp³-hybridized carbons (Fsp3) is 0.222. The number of anilines is 1. The number of nitrogens with zero attached hydrogens (tertiary/aromatic N) is 2. The summed E-state index contributed by atoms with van der Waals surface area (Å²) in [5.74, 6) is 1.05. The molecule has 0 radical (unpaired) electrons. The van der Waals surface area contributed by atoms with Gasteiger partial charge in [-0.2, -0.15) is 0 Å². The Morgan fingerprint density at radius 3 is 2.29 bits per heavy atom. The van der Waals surface area contributed by atoms with E-state index in [0.29, 0.717) is 11.9 Å². The predicted molar refractivity (Wildman–Crippen MR) is 87.0 cm³/mol. The van der Waals surface area contributed by atoms with Gasteiger partial charge in [-0.1, -0.05) is 62.4 Å². The van der Waals surface area contributed by atoms with Gasteiger partial charge in [0.2, 0.25) is 5.95 Å². The largest absolute Gasteiger partial charge is 0.368 e. The van der Waals surface area contributed by atoms with Crippen molar-refractivity contribution in [3.8, 4) is 11.3 Å². The van der Waals surface area contributed by atoms with Crippen molar-refractivity contribution in [3.05, 3.63) is 65.9 Å². The Morgan fingerprint density at radius 1 is 1.00 bits per heavy atom. The van der Waals surface area contributed by atoms with Crippen LogP contribution in [0.5, 0.6) is 0 Å². The first-order chi connectivity index (χ1) is 10.1. The predicted octanol–water partition coefficient (Wildman–Crippen LogP) is 4.06. The summed E-state index contributed by atoms with van der Waals surface area (Å²) in [4.78, 5) is 8.72. The normalized spacial score (nSPS) is 14.2. The molecule has 1 aromatic carbocycles. The van der Waals surface area contributed by atoms with Crippen molar-refractivity contribution in [2.24, 2.45) is 0 Å². The summed E-state index contributed by atoms with van der Waals surface area (Å²) in [6, 6.07) is 10.5. The van der Waals surface area contributed by atoms with Gasteiger partial charge in [0, 0.05) is 11.5 Å². The van der Waals surface area contributed by atoms with E-state index in [9.17, 15) is 0 Å². The lowest BCUT2D eigenvalue weighted by atomic mass is 10.00. The minimum atomic E-state index is 0.198. The second kappa shape index (κ2) is 5.52. The zero-order valence-corrected chi connectivity index (χ0v) is 12.3. The third kappa shape index (κ3) is 2.87. The lowest BCUT2D eigenvalue weighted by Crippen LogP contribution is -2.03. The summed E-state index contributed by atoms with van der Waals surface area (Å²) >= 11 is 0. The van der Waals surface area contributed by atoms with Crippen LogP contribution < -0.4 is 5.73 Å². The summed E-state index contributed by atoms with van der Waals surface area (Å²) in [6.07, 6.45) is 8.26. The van der Waals surface area contributed by atoms with E-state index in [-0.39, 0.29) is 5.92 Å². The average molecular weight is 277 g/mol. The van der Waals surface area contributed by atoms with Gasteiger partial charge in [-0.15, -0.1) is 0 Å². The zero-order valence-electron chi connectivity index (χ0n) is 12.3. The number of allylic oxidation sites excluding steroid dienone is 4. The van der Waals surface area contributed by atoms with Gasteiger partial charge in [0.05, 0.1) is 11.4 Å². The fourth-order valence-corrected chi connectivity index (χ4v) is 2.47. The average Bonchev–Trinajstić information content (AvgIpc) is 3.01. The maximum absolute atomic E-state index is 5.87. The van der Waals surface area contributed by atoms with Crippen LogP contribution in [-0.4, -0.2) is 9.97 Å². The SMILES string of the molecule is CC(C)c1ccc(-c2cc(C3C=CC=C3)nc(N)n2)cc1. The number of benzene rings is 1. The van der Waals surface area contributed by atoms with Crippen molar-refractivity contribution in [3.63, 3.8) is 0 Å². The van der Waals surface area contributed by atoms with Gasteiger partial charge >= 0.3 is 0 Å². The third-order valence-corrected chi connectivity index (χ3v) is 3.73. The molecule has 1 aromatic heterocycles. The van der Waals surface area contributed by atoms with E-state index in [1.54, 1.807) is 0 Å². The van der Waals surface area contributed by atoms with Crippen LogP contribution >= 0.6 is 0 Å². The molecule has 3 nitrogen and oxygen atoms in total. The molecule has 2 aromatic rings. The van der Waals surface area contributed by atoms with Crippen LogP contribution in [0, 0.1) is 0 Å². The van der Waals surface area contributed by atoms with Crippen molar-refractivity contribution >= 4 is 5.95 Å². The summed E-state index contributed by atoms with van der Waals surface area (Å²) in [6.45, 7) is 4.38. The quantitative estimate of drug-likeness (QED) is 0.920. The Labute approximate surface area is 125 Å². The Balaban J connectivity index is 1.98. The number of hydrogen-bond acceptors (Lipinski definition) is 3. The molecule has 21 heavy (non-hydrogen) atoms. The monoisotopic (exact) mass is 277 g/mol. The Morgan fingerprint density at radius 2 is 1.67 bits per heavy atom. The zero-order chi connectivity index (χ0) is 14.8. The molecule has 0 aliphatic heterocycles. The van der Waals surface area contributed by atoms with Crippen molar-refractivity contribution in [2.45, 2.75) is 25.7 Å². The first kappa shape index (κ1) is 13.6. The minimum absolute atomic E-state index is 0.198. The maximum atomic E-state index is 5.87. The molecule has 1 aliphatic rings. The first-order valence-electron chi connectivity index (χ1n) is 7.23. The van der Waals surface area contributed by atoms with Crippen LogP contribution in [0.1, 0.15) is 36.9 Å². The number of rotatable bonds is 3. The van der Waals surface area contributed by atoms with E-state index in [1.807, 2.05) is 18.2 Å². The molecule has 1 aliphatic carbocycles. The first-order valence-corrected chi connectivity index (χ1v) is 7.23. The van der Waals surface area contributed by atoms with Crippen LogP contribution in [0.15, 0.2) is 54.6 Å². The van der Waals surface area contributed by atoms with Gasteiger partial charge in [0.25, 0.3) is 0 Å². The maximum Gasteiger partial charge on any atom is 0.220 e. The second-order valence-corrected chi connectivity index (χ2v) is 5.61. The molecule has 0 fully saturated rings. The number of nitrogen functional groups attached to an aromatic ring is 1. The van der Waals surface area contributed by atoms with E-state index in [0.717, 1.165) is 17.0 Å². The standard InChI is InChI=1S/C18H19N3/c1-12(2)13-7-9-15(10-8-13)17-11-16(20-18(19)21-17)14-5-3-4-6-14/h3-12,14H,1-2H3,(H2,19,20,21). The van der Waals surface area contributed by atoms with Crippen LogP contribution in [0.3, 0.4) is 0 Å². The number of nitrogens with two attached hydrogens (primary N) is 1. The molecule has 106 valence electrons. The van der Waals surface area contributed by atoms with Crippen LogP contribution in [0.4, 0.5) is 5.95 Å². The lowest BCUT2D eigenvalue weighted by Gasteiger charge is -2.10. The molecule has 0 spiro atoms. The number of aromatic nitrogens is 2. The fourth-order valence-electron chi connectivity index (χ4n) is 2.47. The van der Waals surface area contributed by atoms with Crippen LogP contribution in [0.2, 0.25) is 0 Å². The Hall–Kier alpha value is -2.42. The lowest BCUT2D eigenvalue weighted by molar-refractivity contribution is 0.867. The van der Waals surface area contributed by atoms with Gasteiger partial charge in [-0.3, -0.25) is 0 Å². The van der Waals surface area contributed by atoms with E-state index in [4.69, 9.17) is 5.73 Å². The summed E-state index contributed by atoms with van der Waals surface area (Å²) < 4.78 is 0. The summed E-state index contributed by atoms with van der Waals surface area (Å²) in [5, 5.41) is 0. The van der Waals surface area contributed by atoms with E-state index in [1.165, 1.54) is 5.56 Å². The van der Waals surface area contributed by atoms with E-state index in [2.05, 4.69) is 60.2 Å². The van der Waals surface area contributed by atoms with E-state index >= 15 is 0 Å². The minimum Gasteiger partial charge on any atom is -0.368 e. The summed E-state index contributed by atoms with van der Waals surface area (Å²) in [7, 11) is 0. The molecule has 3 heteroatoms. The molecule has 0 saturated carbocycles. The van der Waals surface area contributed by atoms with Gasteiger partial charge < -0.3 is 5.73 Å². The molecule has 0 atom stereocenters. The van der Waals surface area contributed by atoms with Gasteiger partial charge in [0.1, 0.15) is 0 Å². The highest BCUT2D eigenvalue weighted by Gasteiger charge is 2.12. The Bertz CT molecular complexity index is 685. The smallest absolute Gasteiger partial charge is 0.220 e. The molecule has 0 bridgehead atoms. The molecular formula is C18H19N3. The van der Waals surface area contributed by atoms with Crippen LogP contribution in [0.25, 0.3) is 11.3 Å². The van der Waals surface area contributed by atoms with Gasteiger partial charge in [-0.05, 0) is 17.5 Å². The highest BCUT2D eigenvalue weighted by molar-refractivity contribution is 5.61. The molecular weight excluding hydrogens is 258 g/mol. The topological polar surface area (TPSA) is 51.8 Å². The molecule has 0 unspecified atom stereocenters. The van der Waals surface area contributed by atoms with Gasteiger partial charge in [0.15, 0.2) is 0 Å². The van der Waals surface area contributed by atoms with Crippen molar-refractivity contribution in [1.29, 1.82) is 0 Å². The molecule has 2 N–H and O–H groups in total. The number of hydrogen-bond donors (Lipinski definition) is 1. The molecule has 3 rings (SSSR count).